The molecule has 9 nitrogen and oxygen atoms in total. The number of hydrazine groups is 1. The van der Waals surface area contributed by atoms with Crippen molar-refractivity contribution in [3.63, 3.8) is 0 Å². The Morgan fingerprint density at radius 1 is 1.03 bits per heavy atom. The molecule has 13 heteroatoms. The zero-order chi connectivity index (χ0) is 22.9. The summed E-state index contributed by atoms with van der Waals surface area (Å²) in [5, 5.41) is 5.22. The lowest BCUT2D eigenvalue weighted by Gasteiger charge is -2.12. The molecule has 2 rings (SSSR count). The number of sulfonamides is 1. The van der Waals surface area contributed by atoms with Crippen molar-refractivity contribution in [3.8, 4) is 0 Å². The molecular weight excluding hydrogens is 452 g/mol. The monoisotopic (exact) mass is 473 g/mol. The van der Waals surface area contributed by atoms with Crippen LogP contribution in [0.5, 0.6) is 0 Å². The number of hydrogen-bond donors (Lipinski definition) is 5. The maximum atomic E-state index is 12.6. The molecule has 31 heavy (non-hydrogen) atoms. The van der Waals surface area contributed by atoms with Crippen molar-refractivity contribution in [2.75, 3.05) is 34.0 Å². The summed E-state index contributed by atoms with van der Waals surface area (Å²) >= 11 is 1.58. The van der Waals surface area contributed by atoms with Crippen LogP contribution in [0.4, 0.5) is 30.6 Å². The lowest BCUT2D eigenvalue weighted by Crippen LogP contribution is -2.34. The number of anilines is 3. The number of nitrogens with one attached hydrogen (secondary N) is 5. The molecule has 0 aromatic heterocycles. The van der Waals surface area contributed by atoms with Gasteiger partial charge in [0.25, 0.3) is 10.0 Å². The van der Waals surface area contributed by atoms with Crippen molar-refractivity contribution in [1.29, 1.82) is 0 Å². The zero-order valence-electron chi connectivity index (χ0n) is 16.3. The number of amides is 3. The third-order valence-corrected chi connectivity index (χ3v) is 5.65. The highest BCUT2D eigenvalue weighted by atomic mass is 32.2. The Bertz CT molecular complexity index is 1000. The highest BCUT2D eigenvalue weighted by Gasteiger charge is 2.16. The normalized spacial score (nSPS) is 11.0. The van der Waals surface area contributed by atoms with Gasteiger partial charge in [-0.2, -0.15) is 20.5 Å². The van der Waals surface area contributed by atoms with Crippen LogP contribution in [0.15, 0.2) is 53.4 Å². The summed E-state index contributed by atoms with van der Waals surface area (Å²) in [6, 6.07) is 10.8. The first-order valence-electron chi connectivity index (χ1n) is 8.82. The van der Waals surface area contributed by atoms with Crippen LogP contribution in [0.3, 0.4) is 0 Å². The maximum Gasteiger partial charge on any atom is 0.319 e. The number of carbonyl (C=O) groups is 2. The Labute approximate surface area is 182 Å². The van der Waals surface area contributed by atoms with Gasteiger partial charge in [0.1, 0.15) is 0 Å². The first-order chi connectivity index (χ1) is 14.7. The number of rotatable bonds is 10. The van der Waals surface area contributed by atoms with E-state index in [1.807, 2.05) is 11.7 Å². The molecule has 0 spiro atoms. The van der Waals surface area contributed by atoms with Crippen LogP contribution >= 0.6 is 11.8 Å². The number of benzene rings is 2. The minimum atomic E-state index is -3.96. The first-order valence-corrected chi connectivity index (χ1v) is 11.7. The van der Waals surface area contributed by atoms with E-state index in [1.165, 1.54) is 42.5 Å². The number of urea groups is 1. The Balaban J connectivity index is 2.00. The Morgan fingerprint density at radius 2 is 1.71 bits per heavy atom. The van der Waals surface area contributed by atoms with Gasteiger partial charge in [-0.05, 0) is 48.7 Å². The fraction of sp³-hybridized carbons (Fsp3) is 0.222. The predicted molar refractivity (Wildman–Crippen MR) is 117 cm³/mol. The summed E-state index contributed by atoms with van der Waals surface area (Å²) in [5.41, 5.74) is 4.88. The highest BCUT2D eigenvalue weighted by Crippen LogP contribution is 2.20. The van der Waals surface area contributed by atoms with Crippen LogP contribution in [-0.4, -0.2) is 45.3 Å². The molecule has 0 unspecified atom stereocenters. The van der Waals surface area contributed by atoms with Gasteiger partial charge < -0.3 is 10.6 Å². The lowest BCUT2D eigenvalue weighted by atomic mass is 10.3. The second-order valence-electron chi connectivity index (χ2n) is 6.00. The van der Waals surface area contributed by atoms with Gasteiger partial charge in [0, 0.05) is 23.7 Å². The molecular formula is C18H21F2N5O4S2. The summed E-state index contributed by atoms with van der Waals surface area (Å²) in [6.45, 7) is 0.475. The summed E-state index contributed by atoms with van der Waals surface area (Å²) in [7, 11) is -3.96. The second kappa shape index (κ2) is 11.4. The van der Waals surface area contributed by atoms with E-state index in [2.05, 4.69) is 20.8 Å². The Hall–Kier alpha value is -3.06. The topological polar surface area (TPSA) is 128 Å². The molecule has 0 atom stereocenters. The first kappa shape index (κ1) is 24.2. The molecule has 0 saturated heterocycles. The summed E-state index contributed by atoms with van der Waals surface area (Å²) in [4.78, 5) is 22.6. The smallest absolute Gasteiger partial charge is 0.319 e. The molecule has 0 bridgehead atoms. The third kappa shape index (κ3) is 7.94. The summed E-state index contributed by atoms with van der Waals surface area (Å²) in [6.07, 6.45) is -1.25. The SMILES string of the molecule is CSCCNC(=O)Nc1cccc(S(=O)(=O)Nc2ccc(NNC(=O)C(F)F)cc2)c1. The van der Waals surface area contributed by atoms with E-state index >= 15 is 0 Å². The van der Waals surface area contributed by atoms with E-state index in [0.29, 0.717) is 12.2 Å². The molecule has 5 N–H and O–H groups in total. The fourth-order valence-electron chi connectivity index (χ4n) is 2.21. The highest BCUT2D eigenvalue weighted by molar-refractivity contribution is 7.98. The molecule has 2 aromatic carbocycles. The van der Waals surface area contributed by atoms with E-state index in [-0.39, 0.29) is 16.3 Å². The maximum absolute atomic E-state index is 12.6. The number of hydrogen-bond acceptors (Lipinski definition) is 6. The van der Waals surface area contributed by atoms with E-state index < -0.39 is 28.4 Å². The van der Waals surface area contributed by atoms with Gasteiger partial charge in [0.2, 0.25) is 0 Å². The molecule has 0 aliphatic carbocycles. The van der Waals surface area contributed by atoms with Crippen molar-refractivity contribution in [2.24, 2.45) is 0 Å². The van der Waals surface area contributed by atoms with Crippen LogP contribution in [0.1, 0.15) is 0 Å². The van der Waals surface area contributed by atoms with Gasteiger partial charge in [-0.25, -0.2) is 13.2 Å². The standard InChI is InChI=1S/C18H21F2N5O4S2/c1-30-10-9-21-18(27)22-14-3-2-4-15(11-14)31(28,29)25-13-7-5-12(6-8-13)23-24-17(26)16(19)20/h2-8,11,16,23,25H,9-10H2,1H3,(H,24,26)(H2,21,22,27). The fourth-order valence-corrected chi connectivity index (χ4v) is 3.62. The van der Waals surface area contributed by atoms with Crippen molar-refractivity contribution < 1.29 is 26.8 Å². The van der Waals surface area contributed by atoms with Crippen LogP contribution in [0.2, 0.25) is 0 Å². The summed E-state index contributed by atoms with van der Waals surface area (Å²) in [5.74, 6) is -0.741. The molecule has 0 fully saturated rings. The molecule has 2 aromatic rings. The van der Waals surface area contributed by atoms with Gasteiger partial charge in [-0.1, -0.05) is 6.07 Å². The average Bonchev–Trinajstić information content (AvgIpc) is 2.73. The van der Waals surface area contributed by atoms with E-state index in [4.69, 9.17) is 0 Å². The van der Waals surface area contributed by atoms with Gasteiger partial charge in [-0.15, -0.1) is 0 Å². The van der Waals surface area contributed by atoms with Crippen molar-refractivity contribution in [3.05, 3.63) is 48.5 Å². The largest absolute Gasteiger partial charge is 0.337 e. The van der Waals surface area contributed by atoms with Gasteiger partial charge in [0.15, 0.2) is 0 Å². The Kier molecular flexibility index (Phi) is 8.88. The second-order valence-corrected chi connectivity index (χ2v) is 8.67. The molecule has 0 aliphatic heterocycles. The van der Waals surface area contributed by atoms with E-state index in [1.54, 1.807) is 17.8 Å². The van der Waals surface area contributed by atoms with Crippen LogP contribution < -0.4 is 26.2 Å². The number of alkyl halides is 2. The van der Waals surface area contributed by atoms with Crippen molar-refractivity contribution in [1.82, 2.24) is 10.7 Å². The quantitative estimate of drug-likeness (QED) is 0.267. The van der Waals surface area contributed by atoms with Crippen LogP contribution in [0, 0.1) is 0 Å². The van der Waals surface area contributed by atoms with Gasteiger partial charge in [0.05, 0.1) is 10.6 Å². The minimum Gasteiger partial charge on any atom is -0.337 e. The van der Waals surface area contributed by atoms with Crippen molar-refractivity contribution >= 4 is 50.8 Å². The van der Waals surface area contributed by atoms with Crippen LogP contribution in [0.25, 0.3) is 0 Å². The Morgan fingerprint density at radius 3 is 2.35 bits per heavy atom. The lowest BCUT2D eigenvalue weighted by molar-refractivity contribution is -0.131. The third-order valence-electron chi connectivity index (χ3n) is 3.66. The minimum absolute atomic E-state index is 0.0687. The number of thioether (sulfide) groups is 1. The van der Waals surface area contributed by atoms with Gasteiger partial charge in [-0.3, -0.25) is 20.4 Å². The molecule has 0 saturated carbocycles. The molecule has 0 aliphatic rings. The molecule has 3 amide bonds. The molecule has 168 valence electrons. The number of carbonyl (C=O) groups excluding carboxylic acids is 2. The zero-order valence-corrected chi connectivity index (χ0v) is 17.9. The van der Waals surface area contributed by atoms with Crippen LogP contribution in [-0.2, 0) is 14.8 Å². The average molecular weight is 474 g/mol. The molecule has 0 radical (unpaired) electrons. The van der Waals surface area contributed by atoms with Crippen molar-refractivity contribution in [2.45, 2.75) is 11.3 Å². The van der Waals surface area contributed by atoms with E-state index in [9.17, 15) is 26.8 Å². The number of halogens is 2. The van der Waals surface area contributed by atoms with Gasteiger partial charge >= 0.3 is 18.4 Å². The predicted octanol–water partition coefficient (Wildman–Crippen LogP) is 2.68. The molecule has 0 heterocycles. The summed E-state index contributed by atoms with van der Waals surface area (Å²) < 4.78 is 51.9. The van der Waals surface area contributed by atoms with E-state index in [0.717, 1.165) is 5.75 Å².